The number of amides is 1. The number of alkyl carbamates (subject to hydrolysis) is 1. The van der Waals surface area contributed by atoms with E-state index in [2.05, 4.69) is 5.32 Å². The average Bonchev–Trinajstić information content (AvgIpc) is 2.91. The van der Waals surface area contributed by atoms with Crippen molar-refractivity contribution in [3.05, 3.63) is 0 Å². The van der Waals surface area contributed by atoms with Crippen LogP contribution >= 0.6 is 0 Å². The molecule has 156 valence electrons. The van der Waals surface area contributed by atoms with Gasteiger partial charge in [0.1, 0.15) is 11.6 Å². The third kappa shape index (κ3) is 6.68. The van der Waals surface area contributed by atoms with Crippen LogP contribution in [-0.2, 0) is 23.8 Å². The number of nitrogens with zero attached hydrogens (tertiary/aromatic N) is 1. The first-order chi connectivity index (χ1) is 12.6. The van der Waals surface area contributed by atoms with Crippen molar-refractivity contribution in [1.29, 1.82) is 0 Å². The molecule has 1 N–H and O–H groups in total. The maximum Gasteiger partial charge on any atom is 0.408 e. The van der Waals surface area contributed by atoms with E-state index in [4.69, 9.17) is 14.2 Å². The maximum atomic E-state index is 12.7. The number of carbonyl (C=O) groups is 3. The van der Waals surface area contributed by atoms with E-state index in [-0.39, 0.29) is 26.2 Å². The van der Waals surface area contributed by atoms with Crippen molar-refractivity contribution in [2.24, 2.45) is 0 Å². The lowest BCUT2D eigenvalue weighted by molar-refractivity contribution is -0.150. The number of unbranched alkanes of at least 4 members (excludes halogenated alkanes) is 1. The van der Waals surface area contributed by atoms with Gasteiger partial charge in [-0.05, 0) is 47.6 Å². The number of carbonyl (C=O) groups excluding carboxylic acids is 3. The zero-order valence-electron chi connectivity index (χ0n) is 17.4. The molecule has 2 unspecified atom stereocenters. The minimum Gasteiger partial charge on any atom is -0.465 e. The zero-order chi connectivity index (χ0) is 20.7. The van der Waals surface area contributed by atoms with Gasteiger partial charge < -0.3 is 19.5 Å². The van der Waals surface area contributed by atoms with Crippen LogP contribution in [0.4, 0.5) is 4.79 Å². The summed E-state index contributed by atoms with van der Waals surface area (Å²) in [6.45, 7) is 11.9. The maximum absolute atomic E-state index is 12.7. The molecule has 1 amide bonds. The molecular formula is C19H34N2O6. The number of rotatable bonds is 8. The van der Waals surface area contributed by atoms with Crippen LogP contribution in [0.3, 0.4) is 0 Å². The van der Waals surface area contributed by atoms with Gasteiger partial charge in [0.05, 0.1) is 13.2 Å². The quantitative estimate of drug-likeness (QED) is 0.505. The van der Waals surface area contributed by atoms with E-state index in [1.54, 1.807) is 34.6 Å². The molecule has 0 aliphatic carbocycles. The van der Waals surface area contributed by atoms with E-state index < -0.39 is 35.2 Å². The van der Waals surface area contributed by atoms with Crippen molar-refractivity contribution < 1.29 is 28.6 Å². The summed E-state index contributed by atoms with van der Waals surface area (Å²) in [6.07, 6.45) is 1.18. The summed E-state index contributed by atoms with van der Waals surface area (Å²) in [5.41, 5.74) is -2.05. The summed E-state index contributed by atoms with van der Waals surface area (Å²) in [6, 6.07) is -0.615. The Morgan fingerprint density at radius 1 is 1.11 bits per heavy atom. The summed E-state index contributed by atoms with van der Waals surface area (Å²) in [7, 11) is 0. The second-order valence-corrected chi connectivity index (χ2v) is 7.73. The Hall–Kier alpha value is -1.83. The number of ether oxygens (including phenoxy) is 3. The number of likely N-dealkylation sites (tertiary alicyclic amines) is 1. The van der Waals surface area contributed by atoms with E-state index in [1.165, 1.54) is 0 Å². The van der Waals surface area contributed by atoms with Gasteiger partial charge >= 0.3 is 18.0 Å². The second-order valence-electron chi connectivity index (χ2n) is 7.73. The van der Waals surface area contributed by atoms with Crippen LogP contribution in [0.25, 0.3) is 0 Å². The topological polar surface area (TPSA) is 94.2 Å². The lowest BCUT2D eigenvalue weighted by Crippen LogP contribution is -2.58. The average molecular weight is 386 g/mol. The Balaban J connectivity index is 3.11. The summed E-state index contributed by atoms with van der Waals surface area (Å²) in [4.78, 5) is 39.4. The first-order valence-electron chi connectivity index (χ1n) is 9.67. The molecule has 1 heterocycles. The zero-order valence-corrected chi connectivity index (χ0v) is 17.4. The van der Waals surface area contributed by atoms with Crippen LogP contribution in [0, 0.1) is 0 Å². The van der Waals surface area contributed by atoms with E-state index in [9.17, 15) is 14.4 Å². The van der Waals surface area contributed by atoms with Crippen LogP contribution in [0.15, 0.2) is 0 Å². The Morgan fingerprint density at radius 3 is 2.26 bits per heavy atom. The van der Waals surface area contributed by atoms with Gasteiger partial charge in [-0.15, -0.1) is 0 Å². The number of nitrogens with one attached hydrogen (secondary N) is 1. The SMILES string of the molecule is CCCCN1CC(NC(=O)OC(C)(C)C)(C(=O)OCC)CC1C(=O)OCC. The minimum atomic E-state index is -1.34. The van der Waals surface area contributed by atoms with Crippen molar-refractivity contribution in [2.45, 2.75) is 78.0 Å². The van der Waals surface area contributed by atoms with Crippen molar-refractivity contribution in [3.63, 3.8) is 0 Å². The predicted octanol–water partition coefficient (Wildman–Crippen LogP) is 2.25. The molecule has 1 fully saturated rings. The summed E-state index contributed by atoms with van der Waals surface area (Å²) in [5, 5.41) is 2.68. The van der Waals surface area contributed by atoms with Gasteiger partial charge in [0.2, 0.25) is 0 Å². The van der Waals surface area contributed by atoms with Gasteiger partial charge in [0, 0.05) is 13.0 Å². The lowest BCUT2D eigenvalue weighted by Gasteiger charge is -2.29. The first kappa shape index (κ1) is 23.2. The van der Waals surface area contributed by atoms with E-state index in [1.807, 2.05) is 11.8 Å². The molecule has 1 aliphatic heterocycles. The Kier molecular flexibility index (Phi) is 8.53. The molecule has 1 saturated heterocycles. The van der Waals surface area contributed by atoms with Gasteiger partial charge in [-0.3, -0.25) is 9.69 Å². The second kappa shape index (κ2) is 9.92. The highest BCUT2D eigenvalue weighted by atomic mass is 16.6. The van der Waals surface area contributed by atoms with Gasteiger partial charge in [0.15, 0.2) is 5.54 Å². The standard InChI is InChI=1S/C19H34N2O6/c1-7-10-11-21-13-19(16(23)26-9-3,12-14(21)15(22)25-8-2)20-17(24)27-18(4,5)6/h14H,7-13H2,1-6H3,(H,20,24). The molecule has 1 aliphatic rings. The lowest BCUT2D eigenvalue weighted by atomic mass is 9.96. The van der Waals surface area contributed by atoms with Crippen LogP contribution in [-0.4, -0.2) is 66.4 Å². The number of hydrogen-bond donors (Lipinski definition) is 1. The highest BCUT2D eigenvalue weighted by Crippen LogP contribution is 2.30. The molecule has 8 heteroatoms. The summed E-state index contributed by atoms with van der Waals surface area (Å²) < 4.78 is 15.7. The number of esters is 2. The third-order valence-corrected chi connectivity index (χ3v) is 4.22. The van der Waals surface area contributed by atoms with Crippen molar-refractivity contribution >= 4 is 18.0 Å². The molecule has 0 bridgehead atoms. The van der Waals surface area contributed by atoms with Gasteiger partial charge in [0.25, 0.3) is 0 Å². The van der Waals surface area contributed by atoms with Crippen LogP contribution in [0.2, 0.25) is 0 Å². The monoisotopic (exact) mass is 386 g/mol. The number of hydrogen-bond acceptors (Lipinski definition) is 7. The van der Waals surface area contributed by atoms with Crippen LogP contribution < -0.4 is 5.32 Å². The van der Waals surface area contributed by atoms with E-state index >= 15 is 0 Å². The molecule has 2 atom stereocenters. The van der Waals surface area contributed by atoms with E-state index in [0.717, 1.165) is 12.8 Å². The van der Waals surface area contributed by atoms with Crippen molar-refractivity contribution in [2.75, 3.05) is 26.3 Å². The Labute approximate surface area is 161 Å². The highest BCUT2D eigenvalue weighted by Gasteiger charge is 2.54. The molecule has 0 saturated carbocycles. The molecule has 0 aromatic heterocycles. The Bertz CT molecular complexity index is 531. The van der Waals surface area contributed by atoms with Gasteiger partial charge in [-0.1, -0.05) is 13.3 Å². The smallest absolute Gasteiger partial charge is 0.408 e. The fourth-order valence-electron chi connectivity index (χ4n) is 3.11. The molecule has 8 nitrogen and oxygen atoms in total. The fraction of sp³-hybridized carbons (Fsp3) is 0.842. The molecular weight excluding hydrogens is 352 g/mol. The normalized spacial score (nSPS) is 23.0. The highest BCUT2D eigenvalue weighted by molar-refractivity contribution is 5.89. The van der Waals surface area contributed by atoms with E-state index in [0.29, 0.717) is 6.54 Å². The minimum absolute atomic E-state index is 0.0909. The van der Waals surface area contributed by atoms with Crippen LogP contribution in [0.5, 0.6) is 0 Å². The summed E-state index contributed by atoms with van der Waals surface area (Å²) >= 11 is 0. The molecule has 0 aromatic rings. The van der Waals surface area contributed by atoms with Gasteiger partial charge in [-0.25, -0.2) is 9.59 Å². The Morgan fingerprint density at radius 2 is 1.74 bits per heavy atom. The molecule has 27 heavy (non-hydrogen) atoms. The van der Waals surface area contributed by atoms with Crippen LogP contribution in [0.1, 0.15) is 60.8 Å². The van der Waals surface area contributed by atoms with Gasteiger partial charge in [-0.2, -0.15) is 0 Å². The fourth-order valence-corrected chi connectivity index (χ4v) is 3.11. The molecule has 0 spiro atoms. The predicted molar refractivity (Wildman–Crippen MR) is 100 cm³/mol. The third-order valence-electron chi connectivity index (χ3n) is 4.22. The molecule has 0 radical (unpaired) electrons. The largest absolute Gasteiger partial charge is 0.465 e. The molecule has 1 rings (SSSR count). The first-order valence-corrected chi connectivity index (χ1v) is 9.67. The van der Waals surface area contributed by atoms with Crippen molar-refractivity contribution in [1.82, 2.24) is 10.2 Å². The molecule has 0 aromatic carbocycles. The summed E-state index contributed by atoms with van der Waals surface area (Å²) in [5.74, 6) is -0.963. The van der Waals surface area contributed by atoms with Crippen molar-refractivity contribution in [3.8, 4) is 0 Å².